The highest BCUT2D eigenvalue weighted by Gasteiger charge is 2.34. The van der Waals surface area contributed by atoms with Crippen molar-refractivity contribution >= 4 is 16.9 Å². The number of likely N-dealkylation sites (tertiary alicyclic amines) is 1. The van der Waals surface area contributed by atoms with Crippen molar-refractivity contribution in [2.45, 2.75) is 57.0 Å². The summed E-state index contributed by atoms with van der Waals surface area (Å²) >= 11 is 0. The number of amides is 1. The van der Waals surface area contributed by atoms with E-state index in [0.29, 0.717) is 18.5 Å². The van der Waals surface area contributed by atoms with E-state index in [4.69, 9.17) is 9.47 Å². The second-order valence-electron chi connectivity index (χ2n) is 12.5. The van der Waals surface area contributed by atoms with Crippen LogP contribution in [0, 0.1) is 0 Å². The van der Waals surface area contributed by atoms with E-state index in [9.17, 15) is 14.7 Å². The molecule has 3 heterocycles. The Hall–Kier alpha value is -4.54. The maximum Gasteiger partial charge on any atom is 0.326 e. The number of ether oxygens (including phenoxy) is 2. The van der Waals surface area contributed by atoms with Crippen LogP contribution in [0.3, 0.4) is 0 Å². The quantitative estimate of drug-likeness (QED) is 0.194. The van der Waals surface area contributed by atoms with Crippen LogP contribution in [0.5, 0.6) is 0 Å². The molecule has 7 rings (SSSR count). The number of piperidine rings is 1. The molecule has 0 saturated carbocycles. The Morgan fingerprint density at radius 3 is 2.26 bits per heavy atom. The third-order valence-corrected chi connectivity index (χ3v) is 9.36. The van der Waals surface area contributed by atoms with Crippen LogP contribution in [-0.2, 0) is 22.6 Å². The summed E-state index contributed by atoms with van der Waals surface area (Å²) in [7, 11) is 0. The number of hydrogen-bond acceptors (Lipinski definition) is 6. The third-order valence-electron chi connectivity index (χ3n) is 9.36. The van der Waals surface area contributed by atoms with Gasteiger partial charge in [-0.25, -0.2) is 4.79 Å². The van der Waals surface area contributed by atoms with Gasteiger partial charge in [-0.1, -0.05) is 78.9 Å². The predicted molar refractivity (Wildman–Crippen MR) is 180 cm³/mol. The Morgan fingerprint density at radius 2 is 1.51 bits per heavy atom. The predicted octanol–water partition coefficient (Wildman–Crippen LogP) is 5.63. The molecule has 4 aromatic carbocycles. The first-order chi connectivity index (χ1) is 23.0. The van der Waals surface area contributed by atoms with Crippen molar-refractivity contribution in [3.63, 3.8) is 0 Å². The highest BCUT2D eigenvalue weighted by Crippen LogP contribution is 2.38. The summed E-state index contributed by atoms with van der Waals surface area (Å²) < 4.78 is 15.1. The number of para-hydroxylation sites is 2. The number of H-pyrrole nitrogens is 1. The second kappa shape index (κ2) is 14.1. The zero-order chi connectivity index (χ0) is 32.2. The first-order valence-electron chi connectivity index (χ1n) is 16.4. The summed E-state index contributed by atoms with van der Waals surface area (Å²) in [6.45, 7) is 2.94. The molecule has 0 bridgehead atoms. The van der Waals surface area contributed by atoms with Gasteiger partial charge in [0, 0.05) is 49.8 Å². The Bertz CT molecular complexity index is 1840. The fourth-order valence-corrected chi connectivity index (χ4v) is 6.78. The molecule has 5 aromatic rings. The van der Waals surface area contributed by atoms with Crippen LogP contribution in [0.2, 0.25) is 0 Å². The molecule has 3 atom stereocenters. The maximum atomic E-state index is 12.8. The van der Waals surface area contributed by atoms with E-state index in [1.165, 1.54) is 0 Å². The van der Waals surface area contributed by atoms with Crippen molar-refractivity contribution in [3.05, 3.63) is 141 Å². The number of aliphatic hydroxyl groups is 1. The largest absolute Gasteiger partial charge is 0.392 e. The molecule has 0 aliphatic carbocycles. The molecule has 9 heteroatoms. The number of aliphatic hydroxyl groups excluding tert-OH is 1. The highest BCUT2D eigenvalue weighted by atomic mass is 16.7. The van der Waals surface area contributed by atoms with Crippen LogP contribution in [-0.4, -0.2) is 51.2 Å². The molecule has 9 nitrogen and oxygen atoms in total. The summed E-state index contributed by atoms with van der Waals surface area (Å²) in [6, 6.07) is 33.2. The molecule has 2 aliphatic rings. The lowest BCUT2D eigenvalue weighted by molar-refractivity contribution is -0.253. The molecular weight excluding hydrogens is 592 g/mol. The lowest BCUT2D eigenvalue weighted by Crippen LogP contribution is -2.43. The van der Waals surface area contributed by atoms with Crippen LogP contribution in [0.4, 0.5) is 0 Å². The number of aromatic nitrogens is 2. The fraction of sp³-hybridized carbons (Fsp3) is 0.316. The minimum absolute atomic E-state index is 0.00105. The van der Waals surface area contributed by atoms with E-state index in [0.717, 1.165) is 65.8 Å². The van der Waals surface area contributed by atoms with Crippen molar-refractivity contribution in [1.29, 1.82) is 0 Å². The summed E-state index contributed by atoms with van der Waals surface area (Å²) in [4.78, 5) is 30.7. The van der Waals surface area contributed by atoms with E-state index < -0.39 is 6.29 Å². The van der Waals surface area contributed by atoms with Gasteiger partial charge in [0.1, 0.15) is 0 Å². The van der Waals surface area contributed by atoms with Gasteiger partial charge in [-0.3, -0.25) is 9.36 Å². The summed E-state index contributed by atoms with van der Waals surface area (Å²) in [5.41, 5.74) is 6.25. The summed E-state index contributed by atoms with van der Waals surface area (Å²) in [5.74, 6) is -0.107. The standard InChI is InChI=1S/C38H40N4O5/c43-25-27-12-14-28(15-13-27)35-22-32(24-41-20-18-31(19-21-41)42-34-9-5-4-8-33(34)40-38(42)45)46-37(47-35)30-16-10-26(11-17-30)23-39-36(44)29-6-2-1-3-7-29/h1-17,31-32,35,37,43H,18-25H2,(H,39,44)(H,40,45)/t32-,35+,37+/m0/s1. The Morgan fingerprint density at radius 1 is 0.830 bits per heavy atom. The van der Waals surface area contributed by atoms with Crippen molar-refractivity contribution in [1.82, 2.24) is 19.8 Å². The number of imidazole rings is 1. The van der Waals surface area contributed by atoms with Gasteiger partial charge in [0.2, 0.25) is 0 Å². The van der Waals surface area contributed by atoms with E-state index in [1.54, 1.807) is 12.1 Å². The number of aromatic amines is 1. The van der Waals surface area contributed by atoms with E-state index in [-0.39, 0.29) is 36.5 Å². The van der Waals surface area contributed by atoms with Gasteiger partial charge < -0.3 is 29.8 Å². The molecule has 242 valence electrons. The van der Waals surface area contributed by atoms with Crippen molar-refractivity contribution in [2.24, 2.45) is 0 Å². The molecular formula is C38H40N4O5. The highest BCUT2D eigenvalue weighted by molar-refractivity contribution is 5.94. The lowest BCUT2D eigenvalue weighted by atomic mass is 9.98. The molecule has 2 fully saturated rings. The fourth-order valence-electron chi connectivity index (χ4n) is 6.78. The average molecular weight is 633 g/mol. The topological polar surface area (TPSA) is 109 Å². The van der Waals surface area contributed by atoms with Crippen LogP contribution in [0.15, 0.2) is 108 Å². The van der Waals surface area contributed by atoms with Crippen molar-refractivity contribution in [2.75, 3.05) is 19.6 Å². The summed E-state index contributed by atoms with van der Waals surface area (Å²) in [5, 5.41) is 12.5. The van der Waals surface area contributed by atoms with Crippen molar-refractivity contribution in [3.8, 4) is 0 Å². The molecule has 1 amide bonds. The number of hydrogen-bond donors (Lipinski definition) is 3. The molecule has 1 aromatic heterocycles. The number of benzene rings is 4. The number of fused-ring (bicyclic) bond motifs is 1. The van der Waals surface area contributed by atoms with Gasteiger partial charge in [0.05, 0.1) is 29.8 Å². The number of rotatable bonds is 9. The maximum absolute atomic E-state index is 12.8. The van der Waals surface area contributed by atoms with Gasteiger partial charge in [-0.15, -0.1) is 0 Å². The normalized spacial score (nSPS) is 20.7. The smallest absolute Gasteiger partial charge is 0.326 e. The van der Waals surface area contributed by atoms with E-state index in [2.05, 4.69) is 15.2 Å². The molecule has 2 aliphatic heterocycles. The van der Waals surface area contributed by atoms with E-state index >= 15 is 0 Å². The molecule has 0 radical (unpaired) electrons. The number of nitrogens with zero attached hydrogens (tertiary/aromatic N) is 2. The Labute approximate surface area is 273 Å². The number of carbonyl (C=O) groups excluding carboxylic acids is 1. The summed E-state index contributed by atoms with van der Waals surface area (Å²) in [6.07, 6.45) is 1.71. The molecule has 3 N–H and O–H groups in total. The zero-order valence-electron chi connectivity index (χ0n) is 26.3. The van der Waals surface area contributed by atoms with E-state index in [1.807, 2.05) is 95.6 Å². The second-order valence-corrected chi connectivity index (χ2v) is 12.5. The minimum Gasteiger partial charge on any atom is -0.392 e. The van der Waals surface area contributed by atoms with Gasteiger partial charge >= 0.3 is 5.69 Å². The first-order valence-corrected chi connectivity index (χ1v) is 16.4. The Balaban J connectivity index is 1.02. The van der Waals surface area contributed by atoms with Gasteiger partial charge in [0.15, 0.2) is 6.29 Å². The SMILES string of the molecule is O=C(NCc1ccc([C@@H]2O[C@H](CN3CCC(n4c(=O)[nH]c5ccccc54)CC3)C[C@H](c3ccc(CO)cc3)O2)cc1)c1ccccc1. The van der Waals surface area contributed by atoms with Crippen LogP contribution in [0.1, 0.15) is 70.3 Å². The monoisotopic (exact) mass is 632 g/mol. The van der Waals surface area contributed by atoms with Crippen molar-refractivity contribution < 1.29 is 19.4 Å². The van der Waals surface area contributed by atoms with Gasteiger partial charge in [-0.2, -0.15) is 0 Å². The average Bonchev–Trinajstić information content (AvgIpc) is 3.47. The molecule has 0 spiro atoms. The van der Waals surface area contributed by atoms with Crippen LogP contribution in [0.25, 0.3) is 11.0 Å². The lowest BCUT2D eigenvalue weighted by Gasteiger charge is -2.40. The number of carbonyl (C=O) groups is 1. The molecule has 2 saturated heterocycles. The van der Waals surface area contributed by atoms with Gasteiger partial charge in [0.25, 0.3) is 5.91 Å². The third kappa shape index (κ3) is 7.08. The van der Waals surface area contributed by atoms with Crippen LogP contribution >= 0.6 is 0 Å². The molecule has 47 heavy (non-hydrogen) atoms. The number of nitrogens with one attached hydrogen (secondary N) is 2. The first kappa shape index (κ1) is 31.1. The minimum atomic E-state index is -0.549. The van der Waals surface area contributed by atoms with Gasteiger partial charge in [-0.05, 0) is 53.8 Å². The Kier molecular flexibility index (Phi) is 9.30. The van der Waals surface area contributed by atoms with Crippen LogP contribution < -0.4 is 11.0 Å². The molecule has 0 unspecified atom stereocenters. The zero-order valence-corrected chi connectivity index (χ0v) is 26.3.